The van der Waals surface area contributed by atoms with Crippen molar-refractivity contribution in [3.8, 4) is 23.3 Å². The number of nitrogens with one attached hydrogen (secondary N) is 1. The van der Waals surface area contributed by atoms with E-state index in [1.807, 2.05) is 61.5 Å². The molecule has 0 heterocycles. The van der Waals surface area contributed by atoms with Gasteiger partial charge < -0.3 is 19.5 Å². The highest BCUT2D eigenvalue weighted by Crippen LogP contribution is 2.38. The summed E-state index contributed by atoms with van der Waals surface area (Å²) in [5.74, 6) is 0.830. The molecule has 8 heteroatoms. The molecule has 0 aromatic heterocycles. The van der Waals surface area contributed by atoms with E-state index in [0.29, 0.717) is 46.7 Å². The van der Waals surface area contributed by atoms with Crippen LogP contribution in [0, 0.1) is 11.3 Å². The summed E-state index contributed by atoms with van der Waals surface area (Å²) in [6, 6.07) is 29.3. The summed E-state index contributed by atoms with van der Waals surface area (Å²) >= 11 is 12.8. The van der Waals surface area contributed by atoms with Crippen LogP contribution in [0.2, 0.25) is 10.0 Å². The van der Waals surface area contributed by atoms with E-state index in [1.54, 1.807) is 42.5 Å². The Balaban J connectivity index is 1.45. The molecule has 40 heavy (non-hydrogen) atoms. The van der Waals surface area contributed by atoms with Crippen LogP contribution < -0.4 is 19.5 Å². The molecule has 0 radical (unpaired) electrons. The highest BCUT2D eigenvalue weighted by molar-refractivity contribution is 6.32. The molecule has 0 aliphatic rings. The first-order valence-corrected chi connectivity index (χ1v) is 13.2. The minimum absolute atomic E-state index is 0.104. The van der Waals surface area contributed by atoms with Gasteiger partial charge in [0.1, 0.15) is 30.6 Å². The molecule has 4 aromatic carbocycles. The van der Waals surface area contributed by atoms with E-state index in [1.165, 1.54) is 6.08 Å². The number of carbonyl (C=O) groups is 1. The van der Waals surface area contributed by atoms with Crippen LogP contribution in [-0.4, -0.2) is 12.5 Å². The number of rotatable bonds is 11. The minimum atomic E-state index is -0.561. The molecule has 0 atom stereocenters. The van der Waals surface area contributed by atoms with E-state index in [0.717, 1.165) is 11.1 Å². The lowest BCUT2D eigenvalue weighted by molar-refractivity contribution is -0.112. The van der Waals surface area contributed by atoms with Crippen LogP contribution in [0.15, 0.2) is 96.6 Å². The molecule has 0 fully saturated rings. The topological polar surface area (TPSA) is 80.6 Å². The average Bonchev–Trinajstić information content (AvgIpc) is 2.96. The molecule has 6 nitrogen and oxygen atoms in total. The first-order valence-electron chi connectivity index (χ1n) is 12.5. The molecule has 1 N–H and O–H groups in total. The number of hydrogen-bond acceptors (Lipinski definition) is 5. The quantitative estimate of drug-likeness (QED) is 0.145. The molecule has 4 aromatic rings. The summed E-state index contributed by atoms with van der Waals surface area (Å²) in [7, 11) is 0. The number of ether oxygens (including phenoxy) is 3. The number of anilines is 1. The van der Waals surface area contributed by atoms with Crippen LogP contribution in [-0.2, 0) is 18.0 Å². The maximum absolute atomic E-state index is 12.9. The third-order valence-electron chi connectivity index (χ3n) is 5.70. The van der Waals surface area contributed by atoms with Gasteiger partial charge in [-0.1, -0.05) is 71.7 Å². The summed E-state index contributed by atoms with van der Waals surface area (Å²) in [5.41, 5.74) is 2.78. The predicted molar refractivity (Wildman–Crippen MR) is 158 cm³/mol. The Labute approximate surface area is 243 Å². The normalized spacial score (nSPS) is 10.9. The van der Waals surface area contributed by atoms with Gasteiger partial charge in [0.15, 0.2) is 11.5 Å². The van der Waals surface area contributed by atoms with Gasteiger partial charge in [0.05, 0.1) is 11.6 Å². The zero-order chi connectivity index (χ0) is 28.3. The summed E-state index contributed by atoms with van der Waals surface area (Å²) in [6.07, 6.45) is 1.44. The number of halogens is 2. The van der Waals surface area contributed by atoms with Crippen molar-refractivity contribution < 1.29 is 19.0 Å². The van der Waals surface area contributed by atoms with E-state index >= 15 is 0 Å². The van der Waals surface area contributed by atoms with Gasteiger partial charge in [-0.25, -0.2) is 0 Å². The molecule has 1 amide bonds. The third kappa shape index (κ3) is 7.79. The van der Waals surface area contributed by atoms with Crippen molar-refractivity contribution >= 4 is 40.9 Å². The lowest BCUT2D eigenvalue weighted by Crippen LogP contribution is -2.13. The van der Waals surface area contributed by atoms with Crippen molar-refractivity contribution in [1.29, 1.82) is 5.26 Å². The highest BCUT2D eigenvalue weighted by Gasteiger charge is 2.15. The standard InChI is InChI=1S/C32H26Cl2N2O4/c1-2-38-30-18-23(17-29(34)31(30)40-21-24-10-6-7-11-28(24)33)16-25(19-35)32(37)36-26-12-14-27(15-13-26)39-20-22-8-4-3-5-9-22/h3-18H,2,20-21H2,1H3,(H,36,37)/b25-16+. The fourth-order valence-electron chi connectivity index (χ4n) is 3.73. The van der Waals surface area contributed by atoms with Crippen molar-refractivity contribution in [3.63, 3.8) is 0 Å². The van der Waals surface area contributed by atoms with E-state index in [9.17, 15) is 10.1 Å². The van der Waals surface area contributed by atoms with E-state index in [2.05, 4.69) is 5.32 Å². The first kappa shape index (κ1) is 28.6. The van der Waals surface area contributed by atoms with Crippen LogP contribution in [0.3, 0.4) is 0 Å². The maximum atomic E-state index is 12.9. The smallest absolute Gasteiger partial charge is 0.266 e. The van der Waals surface area contributed by atoms with Gasteiger partial charge in [-0.2, -0.15) is 5.26 Å². The molecule has 0 aliphatic heterocycles. The van der Waals surface area contributed by atoms with E-state index in [-0.39, 0.29) is 17.2 Å². The number of amides is 1. The van der Waals surface area contributed by atoms with Crippen molar-refractivity contribution in [2.75, 3.05) is 11.9 Å². The zero-order valence-electron chi connectivity index (χ0n) is 21.7. The third-order valence-corrected chi connectivity index (χ3v) is 6.35. The fraction of sp³-hybridized carbons (Fsp3) is 0.125. The molecule has 0 spiro atoms. The highest BCUT2D eigenvalue weighted by atomic mass is 35.5. The van der Waals surface area contributed by atoms with E-state index < -0.39 is 5.91 Å². The SMILES string of the molecule is CCOc1cc(/C=C(\C#N)C(=O)Nc2ccc(OCc3ccccc3)cc2)cc(Cl)c1OCc1ccccc1Cl. The zero-order valence-corrected chi connectivity index (χ0v) is 23.2. The molecule has 4 rings (SSSR count). The Morgan fingerprint density at radius 3 is 2.30 bits per heavy atom. The van der Waals surface area contributed by atoms with Crippen LogP contribution in [0.5, 0.6) is 17.2 Å². The van der Waals surface area contributed by atoms with Gasteiger partial charge in [0.25, 0.3) is 5.91 Å². The second-order valence-electron chi connectivity index (χ2n) is 8.57. The summed E-state index contributed by atoms with van der Waals surface area (Å²) in [4.78, 5) is 12.9. The van der Waals surface area contributed by atoms with Gasteiger partial charge in [-0.05, 0) is 66.6 Å². The number of hydrogen-bond donors (Lipinski definition) is 1. The van der Waals surface area contributed by atoms with Crippen LogP contribution in [0.4, 0.5) is 5.69 Å². The Kier molecular flexibility index (Phi) is 10.1. The van der Waals surface area contributed by atoms with Gasteiger partial charge in [0.2, 0.25) is 0 Å². The van der Waals surface area contributed by atoms with E-state index in [4.69, 9.17) is 37.4 Å². The van der Waals surface area contributed by atoms with Crippen molar-refractivity contribution in [2.24, 2.45) is 0 Å². The predicted octanol–water partition coefficient (Wildman–Crippen LogP) is 8.10. The second kappa shape index (κ2) is 14.1. The monoisotopic (exact) mass is 572 g/mol. The molecular formula is C32H26Cl2N2O4. The molecule has 202 valence electrons. The van der Waals surface area contributed by atoms with Crippen molar-refractivity contribution in [1.82, 2.24) is 0 Å². The summed E-state index contributed by atoms with van der Waals surface area (Å²) in [5, 5.41) is 13.3. The van der Waals surface area contributed by atoms with Gasteiger partial charge in [-0.15, -0.1) is 0 Å². The van der Waals surface area contributed by atoms with Gasteiger partial charge in [0, 0.05) is 16.3 Å². The molecule has 0 bridgehead atoms. The molecule has 0 aliphatic carbocycles. The summed E-state index contributed by atoms with van der Waals surface area (Å²) in [6.45, 7) is 2.82. The molecule has 0 saturated heterocycles. The number of nitriles is 1. The second-order valence-corrected chi connectivity index (χ2v) is 9.38. The van der Waals surface area contributed by atoms with Gasteiger partial charge >= 0.3 is 0 Å². The molecular weight excluding hydrogens is 547 g/mol. The summed E-state index contributed by atoms with van der Waals surface area (Å²) < 4.78 is 17.5. The number of benzene rings is 4. The lowest BCUT2D eigenvalue weighted by Gasteiger charge is -2.15. The average molecular weight is 573 g/mol. The Bertz CT molecular complexity index is 1530. The molecule has 0 saturated carbocycles. The first-order chi connectivity index (χ1) is 19.5. The Morgan fingerprint density at radius 1 is 0.875 bits per heavy atom. The molecule has 0 unspecified atom stereocenters. The lowest BCUT2D eigenvalue weighted by atomic mass is 10.1. The van der Waals surface area contributed by atoms with Crippen LogP contribution >= 0.6 is 23.2 Å². The Morgan fingerprint density at radius 2 is 1.60 bits per heavy atom. The van der Waals surface area contributed by atoms with Crippen molar-refractivity contribution in [2.45, 2.75) is 20.1 Å². The van der Waals surface area contributed by atoms with Crippen LogP contribution in [0.1, 0.15) is 23.6 Å². The van der Waals surface area contributed by atoms with Gasteiger partial charge in [-0.3, -0.25) is 4.79 Å². The number of carbonyl (C=O) groups excluding carboxylic acids is 1. The maximum Gasteiger partial charge on any atom is 0.266 e. The van der Waals surface area contributed by atoms with Crippen LogP contribution in [0.25, 0.3) is 6.08 Å². The Hall–Kier alpha value is -4.44. The fourth-order valence-corrected chi connectivity index (χ4v) is 4.19. The minimum Gasteiger partial charge on any atom is -0.490 e. The largest absolute Gasteiger partial charge is 0.490 e. The van der Waals surface area contributed by atoms with Crippen molar-refractivity contribution in [3.05, 3.63) is 123 Å². The number of nitrogens with zero attached hydrogens (tertiary/aromatic N) is 1.